The van der Waals surface area contributed by atoms with Gasteiger partial charge >= 0.3 is 23.9 Å². The quantitative estimate of drug-likeness (QED) is 0.0686. The summed E-state index contributed by atoms with van der Waals surface area (Å²) in [7, 11) is 0. The zero-order valence-corrected chi connectivity index (χ0v) is 34.9. The second kappa shape index (κ2) is 20.9. The summed E-state index contributed by atoms with van der Waals surface area (Å²) in [6, 6.07) is 0. The fourth-order valence-electron chi connectivity index (χ4n) is 7.17. The SMILES string of the molecule is C.CC(C)C(=O)OCOC(=O)C(C)ON1C(C)(C)CC(OC(=O)CCCCCCCCC(=O)OC2CC(C)(C)N(O)C(C)(C)C2)CC1(C)C.[Y]. The van der Waals surface area contributed by atoms with Crippen LogP contribution in [0.5, 0.6) is 0 Å². The van der Waals surface area contributed by atoms with E-state index in [1.807, 2.05) is 55.4 Å². The molecule has 2 fully saturated rings. The van der Waals surface area contributed by atoms with Crippen molar-refractivity contribution in [2.24, 2.45) is 5.92 Å². The molecule has 2 aliphatic rings. The molecule has 0 aliphatic carbocycles. The van der Waals surface area contributed by atoms with Gasteiger partial charge in [0.1, 0.15) is 12.2 Å². The summed E-state index contributed by atoms with van der Waals surface area (Å²) < 4.78 is 21.6. The zero-order valence-electron chi connectivity index (χ0n) is 32.1. The van der Waals surface area contributed by atoms with Gasteiger partial charge in [-0.2, -0.15) is 10.1 Å². The molecule has 2 saturated heterocycles. The van der Waals surface area contributed by atoms with E-state index in [0.717, 1.165) is 38.5 Å². The first-order valence-electron chi connectivity index (χ1n) is 17.8. The Morgan fingerprint density at radius 2 is 1.00 bits per heavy atom. The monoisotopic (exact) mass is 789 g/mol. The third-order valence-corrected chi connectivity index (χ3v) is 9.23. The fourth-order valence-corrected chi connectivity index (χ4v) is 7.17. The van der Waals surface area contributed by atoms with Crippen LogP contribution in [0.2, 0.25) is 0 Å². The standard InChI is InChI=1S/C36H64N2O10.CH4.Y/c1-25(2)31(41)44-24-45-32(42)26(3)48-38-35(8,9)22-28(23-36(38,10)11)47-30(40)19-17-15-13-12-14-16-18-29(39)46-27-20-33(4,5)37(43)34(6,7)21-27;;/h25-28,43H,12-24H2,1-11H3;1H4;. The smallest absolute Gasteiger partial charge is 0.339 e. The van der Waals surface area contributed by atoms with Crippen LogP contribution < -0.4 is 0 Å². The van der Waals surface area contributed by atoms with Crippen molar-refractivity contribution >= 4 is 23.9 Å². The maximum absolute atomic E-state index is 12.7. The third-order valence-electron chi connectivity index (χ3n) is 9.23. The van der Waals surface area contributed by atoms with Gasteiger partial charge in [-0.05, 0) is 75.2 Å². The van der Waals surface area contributed by atoms with Gasteiger partial charge in [0.15, 0.2) is 6.10 Å². The van der Waals surface area contributed by atoms with E-state index in [9.17, 15) is 24.4 Å². The molecule has 13 heteroatoms. The number of carbonyl (C=O) groups excluding carboxylic acids is 4. The van der Waals surface area contributed by atoms with Gasteiger partial charge in [-0.1, -0.05) is 47.0 Å². The Hall–Kier alpha value is -1.18. The Morgan fingerprint density at radius 1 is 0.640 bits per heavy atom. The Balaban J connectivity index is 0.0000120. The Labute approximate surface area is 327 Å². The maximum Gasteiger partial charge on any atom is 0.339 e. The molecule has 1 radical (unpaired) electrons. The van der Waals surface area contributed by atoms with Gasteiger partial charge in [0.2, 0.25) is 6.79 Å². The molecule has 0 aromatic rings. The minimum absolute atomic E-state index is 0. The van der Waals surface area contributed by atoms with E-state index in [0.29, 0.717) is 38.5 Å². The van der Waals surface area contributed by atoms with Crippen molar-refractivity contribution in [3.8, 4) is 0 Å². The molecule has 0 spiro atoms. The van der Waals surface area contributed by atoms with E-state index < -0.39 is 47.0 Å². The predicted molar refractivity (Wildman–Crippen MR) is 186 cm³/mol. The van der Waals surface area contributed by atoms with E-state index in [2.05, 4.69) is 0 Å². The molecule has 0 saturated carbocycles. The van der Waals surface area contributed by atoms with Gasteiger partial charge in [-0.15, -0.1) is 0 Å². The third kappa shape index (κ3) is 15.4. The van der Waals surface area contributed by atoms with Crippen LogP contribution in [0, 0.1) is 5.92 Å². The topological polar surface area (TPSA) is 141 Å². The summed E-state index contributed by atoms with van der Waals surface area (Å²) >= 11 is 0. The average molecular weight is 790 g/mol. The van der Waals surface area contributed by atoms with Crippen molar-refractivity contribution in [1.29, 1.82) is 0 Å². The van der Waals surface area contributed by atoms with Gasteiger partial charge in [0.05, 0.1) is 5.92 Å². The molecule has 0 aromatic carbocycles. The molecule has 2 aliphatic heterocycles. The minimum atomic E-state index is -0.926. The summed E-state index contributed by atoms with van der Waals surface area (Å²) in [5, 5.41) is 13.6. The molecule has 0 amide bonds. The fraction of sp³-hybridized carbons (Fsp3) is 0.892. The molecule has 1 atom stereocenters. The molecule has 2 rings (SSSR count). The van der Waals surface area contributed by atoms with Crippen molar-refractivity contribution in [3.05, 3.63) is 0 Å². The van der Waals surface area contributed by atoms with Gasteiger partial charge in [-0.3, -0.25) is 19.2 Å². The maximum atomic E-state index is 12.7. The largest absolute Gasteiger partial charge is 0.462 e. The van der Waals surface area contributed by atoms with E-state index in [1.54, 1.807) is 25.8 Å². The van der Waals surface area contributed by atoms with Crippen molar-refractivity contribution in [1.82, 2.24) is 10.1 Å². The molecule has 289 valence electrons. The number of hydrogen-bond acceptors (Lipinski definition) is 12. The van der Waals surface area contributed by atoms with Gasteiger partial charge in [0.25, 0.3) is 0 Å². The first-order chi connectivity index (χ1) is 22.1. The Kier molecular flexibility index (Phi) is 20.4. The molecule has 1 N–H and O–H groups in total. The van der Waals surface area contributed by atoms with Crippen LogP contribution in [0.1, 0.15) is 161 Å². The summed E-state index contributed by atoms with van der Waals surface area (Å²) in [6.45, 7) is 20.3. The van der Waals surface area contributed by atoms with E-state index in [4.69, 9.17) is 23.8 Å². The van der Waals surface area contributed by atoms with Crippen molar-refractivity contribution in [3.63, 3.8) is 0 Å². The van der Waals surface area contributed by atoms with Crippen LogP contribution in [0.25, 0.3) is 0 Å². The van der Waals surface area contributed by atoms with Crippen LogP contribution in [-0.4, -0.2) is 86.5 Å². The molecule has 2 heterocycles. The number of ether oxygens (including phenoxy) is 4. The van der Waals surface area contributed by atoms with Crippen LogP contribution >= 0.6 is 0 Å². The molecular weight excluding hydrogens is 721 g/mol. The van der Waals surface area contributed by atoms with E-state index >= 15 is 0 Å². The van der Waals surface area contributed by atoms with E-state index in [-0.39, 0.29) is 70.2 Å². The van der Waals surface area contributed by atoms with Crippen molar-refractivity contribution < 1.29 is 80.9 Å². The number of nitrogens with zero attached hydrogens (tertiary/aromatic N) is 2. The Morgan fingerprint density at radius 3 is 1.40 bits per heavy atom. The molecule has 0 bridgehead atoms. The molecule has 12 nitrogen and oxygen atoms in total. The number of unbranched alkanes of at least 4 members (excludes halogenated alkanes) is 5. The summed E-state index contributed by atoms with van der Waals surface area (Å²) in [5.41, 5.74) is -1.99. The van der Waals surface area contributed by atoms with Crippen LogP contribution in [0.3, 0.4) is 0 Å². The number of esters is 4. The van der Waals surface area contributed by atoms with Crippen LogP contribution in [0.15, 0.2) is 0 Å². The summed E-state index contributed by atoms with van der Waals surface area (Å²) in [5.74, 6) is -1.80. The molecule has 0 aromatic heterocycles. The summed E-state index contributed by atoms with van der Waals surface area (Å²) in [6.07, 6.45) is 6.94. The first-order valence-corrected chi connectivity index (χ1v) is 17.8. The van der Waals surface area contributed by atoms with Gasteiger partial charge in [0, 0.05) is 93.4 Å². The average Bonchev–Trinajstić information content (AvgIpc) is 2.93. The second-order valence-electron chi connectivity index (χ2n) is 16.5. The van der Waals surface area contributed by atoms with Gasteiger partial charge < -0.3 is 24.2 Å². The number of rotatable bonds is 17. The number of piperidine rings is 2. The molecule has 50 heavy (non-hydrogen) atoms. The van der Waals surface area contributed by atoms with E-state index in [1.165, 1.54) is 5.06 Å². The first kappa shape index (κ1) is 48.8. The van der Waals surface area contributed by atoms with Crippen molar-refractivity contribution in [2.45, 2.75) is 201 Å². The second-order valence-corrected chi connectivity index (χ2v) is 16.5. The molecule has 1 unspecified atom stereocenters. The van der Waals surface area contributed by atoms with Crippen LogP contribution in [0.4, 0.5) is 0 Å². The van der Waals surface area contributed by atoms with Crippen molar-refractivity contribution in [2.75, 3.05) is 6.79 Å². The summed E-state index contributed by atoms with van der Waals surface area (Å²) in [4.78, 5) is 55.3. The van der Waals surface area contributed by atoms with Crippen LogP contribution in [-0.2, 0) is 75.7 Å². The molecular formula is C37H68N2O10Y. The number of carbonyl (C=O) groups is 4. The number of hydrogen-bond donors (Lipinski definition) is 1. The zero-order chi connectivity index (χ0) is 36.5. The number of hydroxylamine groups is 4. The Bertz CT molecular complexity index is 1060. The minimum Gasteiger partial charge on any atom is -0.462 e. The van der Waals surface area contributed by atoms with Gasteiger partial charge in [-0.25, -0.2) is 4.79 Å². The normalized spacial score (nSPS) is 20.9. The predicted octanol–water partition coefficient (Wildman–Crippen LogP) is 7.28.